The molecule has 0 saturated heterocycles. The number of amidine groups is 1. The van der Waals surface area contributed by atoms with Gasteiger partial charge in [-0.15, -0.1) is 0 Å². The van der Waals surface area contributed by atoms with Gasteiger partial charge in [0, 0.05) is 12.1 Å². The zero-order chi connectivity index (χ0) is 25.1. The zero-order valence-corrected chi connectivity index (χ0v) is 21.0. The largest absolute Gasteiger partial charge is 0.310 e. The van der Waals surface area contributed by atoms with Crippen molar-refractivity contribution in [2.75, 3.05) is 16.0 Å². The van der Waals surface area contributed by atoms with Crippen molar-refractivity contribution in [3.05, 3.63) is 81.9 Å². The van der Waals surface area contributed by atoms with E-state index in [4.69, 9.17) is 23.2 Å². The van der Waals surface area contributed by atoms with Crippen LogP contribution in [0.15, 0.2) is 65.4 Å². The fraction of sp³-hybridized carbons (Fsp3) is 0.167. The van der Waals surface area contributed by atoms with Crippen LogP contribution in [0.2, 0.25) is 10.0 Å². The van der Waals surface area contributed by atoms with Gasteiger partial charge in [-0.05, 0) is 49.8 Å². The Balaban J connectivity index is 1.60. The van der Waals surface area contributed by atoms with Crippen LogP contribution in [0.4, 0.5) is 15.9 Å². The molecule has 1 aliphatic heterocycles. The number of aromatic nitrogens is 2. The Labute approximate surface area is 215 Å². The number of aliphatic imine (C=N–C) groups is 1. The quantitative estimate of drug-likeness (QED) is 0.394. The molecule has 0 fully saturated rings. The summed E-state index contributed by atoms with van der Waals surface area (Å²) in [4.78, 5) is 31.4. The first-order valence-corrected chi connectivity index (χ1v) is 12.3. The third-order valence-electron chi connectivity index (χ3n) is 4.93. The zero-order valence-electron chi connectivity index (χ0n) is 18.7. The van der Waals surface area contributed by atoms with E-state index in [1.807, 2.05) is 13.8 Å². The topological polar surface area (TPSA) is 79.6 Å². The van der Waals surface area contributed by atoms with Crippen molar-refractivity contribution in [2.24, 2.45) is 4.99 Å². The normalized spacial score (nSPS) is 14.7. The third-order valence-corrected chi connectivity index (χ3v) is 6.61. The molecule has 0 unspecified atom stereocenters. The minimum absolute atomic E-state index is 0.0413. The van der Waals surface area contributed by atoms with Crippen LogP contribution in [0.1, 0.15) is 25.5 Å². The minimum atomic E-state index is -0.588. The number of hydrogen-bond acceptors (Lipinski definition) is 5. The lowest BCUT2D eigenvalue weighted by atomic mass is 10.2. The monoisotopic (exact) mass is 531 g/mol. The summed E-state index contributed by atoms with van der Waals surface area (Å²) in [5.41, 5.74) is 0.720. The predicted octanol–water partition coefficient (Wildman–Crippen LogP) is 6.03. The number of para-hydroxylation sites is 1. The van der Waals surface area contributed by atoms with Gasteiger partial charge >= 0.3 is 0 Å². The summed E-state index contributed by atoms with van der Waals surface area (Å²) in [5.74, 6) is -0.929. The molecule has 0 saturated carbocycles. The van der Waals surface area contributed by atoms with Crippen molar-refractivity contribution < 1.29 is 14.0 Å². The Hall–Kier alpha value is -3.14. The molecule has 2 heterocycles. The van der Waals surface area contributed by atoms with E-state index in [0.29, 0.717) is 21.4 Å². The van der Waals surface area contributed by atoms with Crippen LogP contribution in [0, 0.1) is 5.82 Å². The van der Waals surface area contributed by atoms with Crippen molar-refractivity contribution in [3.63, 3.8) is 0 Å². The van der Waals surface area contributed by atoms with Crippen LogP contribution in [-0.2, 0) is 9.59 Å². The van der Waals surface area contributed by atoms with Gasteiger partial charge < -0.3 is 5.32 Å². The van der Waals surface area contributed by atoms with Crippen molar-refractivity contribution in [2.45, 2.75) is 19.9 Å². The van der Waals surface area contributed by atoms with E-state index in [1.165, 1.54) is 24.3 Å². The number of nitrogens with zero attached hydrogens (tertiary/aromatic N) is 4. The summed E-state index contributed by atoms with van der Waals surface area (Å²) in [6, 6.07) is 12.5. The molecule has 180 valence electrons. The molecule has 0 atom stereocenters. The number of nitrogens with one attached hydrogen (secondary N) is 1. The molecule has 2 aromatic carbocycles. The standard InChI is InChI=1S/C24H20Cl2FN5O2S/c1-14(2)32-21(9-10-28-32)30-22(33)13-35-24-29-19(12-15-7-8-16(25)17(26)11-15)23(34)31(24)20-6-4-3-5-18(20)27/h3-12,14H,13H2,1-2H3,(H,30,33)/b19-12-. The van der Waals surface area contributed by atoms with Gasteiger partial charge in [-0.1, -0.05) is 53.2 Å². The van der Waals surface area contributed by atoms with Crippen molar-refractivity contribution in [1.29, 1.82) is 0 Å². The highest BCUT2D eigenvalue weighted by molar-refractivity contribution is 8.14. The van der Waals surface area contributed by atoms with Gasteiger partial charge in [0.2, 0.25) is 5.91 Å². The Morgan fingerprint density at radius 2 is 1.94 bits per heavy atom. The summed E-state index contributed by atoms with van der Waals surface area (Å²) < 4.78 is 16.3. The van der Waals surface area contributed by atoms with E-state index in [2.05, 4.69) is 15.4 Å². The van der Waals surface area contributed by atoms with Gasteiger partial charge in [0.25, 0.3) is 5.91 Å². The summed E-state index contributed by atoms with van der Waals surface area (Å²) in [5, 5.41) is 7.88. The van der Waals surface area contributed by atoms with E-state index in [0.717, 1.165) is 16.7 Å². The first kappa shape index (κ1) is 25.0. The number of amides is 2. The van der Waals surface area contributed by atoms with E-state index in [9.17, 15) is 14.0 Å². The number of rotatable bonds is 6. The molecule has 4 rings (SSSR count). The lowest BCUT2D eigenvalue weighted by Gasteiger charge is -2.18. The number of anilines is 2. The Morgan fingerprint density at radius 3 is 2.66 bits per heavy atom. The number of benzene rings is 2. The molecule has 0 radical (unpaired) electrons. The van der Waals surface area contributed by atoms with Crippen LogP contribution in [-0.4, -0.2) is 32.5 Å². The van der Waals surface area contributed by atoms with E-state index >= 15 is 0 Å². The van der Waals surface area contributed by atoms with Gasteiger partial charge in [0.05, 0.1) is 27.7 Å². The molecule has 0 bridgehead atoms. The van der Waals surface area contributed by atoms with Gasteiger partial charge in [0.1, 0.15) is 17.3 Å². The third kappa shape index (κ3) is 5.58. The second-order valence-corrected chi connectivity index (χ2v) is 9.54. The fourth-order valence-electron chi connectivity index (χ4n) is 3.33. The second-order valence-electron chi connectivity index (χ2n) is 7.78. The van der Waals surface area contributed by atoms with Gasteiger partial charge in [0.15, 0.2) is 5.17 Å². The number of carbonyl (C=O) groups is 2. The smallest absolute Gasteiger partial charge is 0.283 e. The predicted molar refractivity (Wildman–Crippen MR) is 139 cm³/mol. The Morgan fingerprint density at radius 1 is 1.17 bits per heavy atom. The molecule has 7 nitrogen and oxygen atoms in total. The van der Waals surface area contributed by atoms with Crippen LogP contribution < -0.4 is 10.2 Å². The highest BCUT2D eigenvalue weighted by atomic mass is 35.5. The highest BCUT2D eigenvalue weighted by Gasteiger charge is 2.34. The molecular formula is C24H20Cl2FN5O2S. The first-order chi connectivity index (χ1) is 16.7. The highest BCUT2D eigenvalue weighted by Crippen LogP contribution is 2.32. The maximum atomic E-state index is 14.6. The number of halogens is 3. The molecule has 3 aromatic rings. The van der Waals surface area contributed by atoms with Crippen LogP contribution in [0.25, 0.3) is 6.08 Å². The van der Waals surface area contributed by atoms with Crippen molar-refractivity contribution in [1.82, 2.24) is 9.78 Å². The molecule has 0 aliphatic carbocycles. The maximum Gasteiger partial charge on any atom is 0.283 e. The van der Waals surface area contributed by atoms with Crippen LogP contribution in [0.3, 0.4) is 0 Å². The Bertz CT molecular complexity index is 1360. The summed E-state index contributed by atoms with van der Waals surface area (Å²) in [7, 11) is 0. The molecule has 2 amide bonds. The SMILES string of the molecule is CC(C)n1nccc1NC(=O)CSC1=N/C(=C\c2ccc(Cl)c(Cl)c2)C(=O)N1c1ccccc1F. The number of carbonyl (C=O) groups excluding carboxylic acids is 2. The average Bonchev–Trinajstić information content (AvgIpc) is 3.40. The lowest BCUT2D eigenvalue weighted by Crippen LogP contribution is -2.32. The number of thioether (sulfide) groups is 1. The molecule has 0 spiro atoms. The molecule has 1 aliphatic rings. The molecule has 1 N–H and O–H groups in total. The van der Waals surface area contributed by atoms with Gasteiger partial charge in [-0.2, -0.15) is 5.10 Å². The number of hydrogen-bond donors (Lipinski definition) is 1. The molecule has 1 aromatic heterocycles. The molecule has 11 heteroatoms. The Kier molecular flexibility index (Phi) is 7.59. The van der Waals surface area contributed by atoms with Crippen molar-refractivity contribution in [3.8, 4) is 0 Å². The molecule has 35 heavy (non-hydrogen) atoms. The summed E-state index contributed by atoms with van der Waals surface area (Å²) in [6.07, 6.45) is 3.13. The average molecular weight is 532 g/mol. The van der Waals surface area contributed by atoms with E-state index < -0.39 is 11.7 Å². The maximum absolute atomic E-state index is 14.6. The van der Waals surface area contributed by atoms with Crippen LogP contribution >= 0.6 is 35.0 Å². The lowest BCUT2D eigenvalue weighted by molar-refractivity contribution is -0.114. The van der Waals surface area contributed by atoms with E-state index in [-0.39, 0.29) is 34.3 Å². The fourth-order valence-corrected chi connectivity index (χ4v) is 4.44. The van der Waals surface area contributed by atoms with E-state index in [1.54, 1.807) is 41.2 Å². The minimum Gasteiger partial charge on any atom is -0.310 e. The summed E-state index contributed by atoms with van der Waals surface area (Å²) >= 11 is 13.1. The van der Waals surface area contributed by atoms with Gasteiger partial charge in [-0.3, -0.25) is 14.5 Å². The first-order valence-electron chi connectivity index (χ1n) is 10.5. The summed E-state index contributed by atoms with van der Waals surface area (Å²) in [6.45, 7) is 3.90. The van der Waals surface area contributed by atoms with Crippen molar-refractivity contribution >= 4 is 69.5 Å². The van der Waals surface area contributed by atoms with Crippen LogP contribution in [0.5, 0.6) is 0 Å². The van der Waals surface area contributed by atoms with Gasteiger partial charge in [-0.25, -0.2) is 14.1 Å². The molecular weight excluding hydrogens is 512 g/mol. The second kappa shape index (κ2) is 10.6.